The molecule has 0 spiro atoms. The van der Waals surface area contributed by atoms with Crippen LogP contribution in [0.3, 0.4) is 0 Å². The van der Waals surface area contributed by atoms with Crippen LogP contribution >= 0.6 is 11.6 Å². The Morgan fingerprint density at radius 1 is 1.35 bits per heavy atom. The van der Waals surface area contributed by atoms with Crippen LogP contribution in [0.15, 0.2) is 48.7 Å². The first-order chi connectivity index (χ1) is 16.0. The number of carbonyl (C=O) groups is 1. The molecule has 7 nitrogen and oxygen atoms in total. The maximum atomic E-state index is 15.1. The van der Waals surface area contributed by atoms with Crippen molar-refractivity contribution in [2.75, 3.05) is 11.1 Å². The fourth-order valence-corrected chi connectivity index (χ4v) is 3.49. The van der Waals surface area contributed by atoms with Gasteiger partial charge >= 0.3 is 0 Å². The summed E-state index contributed by atoms with van der Waals surface area (Å²) in [4.78, 5) is 20.7. The molecule has 158 valence electrons. The molecule has 0 unspecified atom stereocenters. The van der Waals surface area contributed by atoms with Gasteiger partial charge in [-0.25, -0.2) is 14.4 Å². The molecule has 0 aliphatic rings. The number of hydrogen-bond donors (Lipinski definition) is 3. The van der Waals surface area contributed by atoms with E-state index in [-0.39, 0.29) is 39.7 Å². The molecule has 4 rings (SSSR count). The predicted octanol–water partition coefficient (Wildman–Crippen LogP) is 4.06. The molecule has 9 heteroatoms. The number of benzene rings is 2. The van der Waals surface area contributed by atoms with Gasteiger partial charge in [-0.05, 0) is 49.7 Å². The van der Waals surface area contributed by atoms with Gasteiger partial charge < -0.3 is 16.2 Å². The highest BCUT2D eigenvalue weighted by Crippen LogP contribution is 2.32. The summed E-state index contributed by atoms with van der Waals surface area (Å²) in [6.45, 7) is -0.944. The average molecular weight is 443 g/mol. The SMILES string of the molecule is [2H]C([2H])([2H])c1nc(-c2ccc(NC(=O)[C@@H](O)c3cccc(Cl)c3)cc2F)c2c(N)ncc(C)n12. The number of nitrogens with two attached hydrogens (primary N) is 1. The van der Waals surface area contributed by atoms with E-state index in [2.05, 4.69) is 15.3 Å². The average Bonchev–Trinajstić information content (AvgIpc) is 3.18. The van der Waals surface area contributed by atoms with Crippen LogP contribution in [-0.4, -0.2) is 25.4 Å². The highest BCUT2D eigenvalue weighted by Gasteiger charge is 2.21. The van der Waals surface area contributed by atoms with E-state index in [0.29, 0.717) is 10.7 Å². The molecule has 1 atom stereocenters. The summed E-state index contributed by atoms with van der Waals surface area (Å²) in [6.07, 6.45) is -0.113. The lowest BCUT2D eigenvalue weighted by atomic mass is 10.1. The third kappa shape index (κ3) is 3.83. The van der Waals surface area contributed by atoms with Gasteiger partial charge in [0.15, 0.2) is 6.10 Å². The van der Waals surface area contributed by atoms with Crippen LogP contribution in [0.5, 0.6) is 0 Å². The number of nitrogen functional groups attached to an aromatic ring is 1. The van der Waals surface area contributed by atoms with Crippen molar-refractivity contribution in [2.45, 2.75) is 19.9 Å². The number of imidazole rings is 1. The summed E-state index contributed by atoms with van der Waals surface area (Å²) < 4.78 is 39.9. The fourth-order valence-electron chi connectivity index (χ4n) is 3.29. The van der Waals surface area contributed by atoms with E-state index >= 15 is 4.39 Å². The third-order valence-corrected chi connectivity index (χ3v) is 5.00. The highest BCUT2D eigenvalue weighted by molar-refractivity contribution is 6.30. The first kappa shape index (κ1) is 17.2. The van der Waals surface area contributed by atoms with Crippen molar-refractivity contribution < 1.29 is 18.4 Å². The minimum Gasteiger partial charge on any atom is -0.382 e. The smallest absolute Gasteiger partial charge is 0.257 e. The number of nitrogens with one attached hydrogen (secondary N) is 1. The Balaban J connectivity index is 1.71. The van der Waals surface area contributed by atoms with Gasteiger partial charge in [0, 0.05) is 32.3 Å². The Hall–Kier alpha value is -3.49. The molecule has 2 heterocycles. The van der Waals surface area contributed by atoms with E-state index < -0.39 is 24.7 Å². The van der Waals surface area contributed by atoms with E-state index in [9.17, 15) is 9.90 Å². The number of amides is 1. The normalized spacial score (nSPS) is 14.0. The Labute approximate surface area is 186 Å². The number of aliphatic hydroxyl groups excluding tert-OH is 1. The number of nitrogens with zero attached hydrogens (tertiary/aromatic N) is 3. The van der Waals surface area contributed by atoms with Crippen LogP contribution in [0.4, 0.5) is 15.9 Å². The molecule has 4 N–H and O–H groups in total. The second-order valence-electron chi connectivity index (χ2n) is 6.89. The molecule has 0 aliphatic heterocycles. The molecule has 2 aromatic heterocycles. The van der Waals surface area contributed by atoms with Gasteiger partial charge in [0.2, 0.25) is 0 Å². The van der Waals surface area contributed by atoms with E-state index in [1.807, 2.05) is 0 Å². The summed E-state index contributed by atoms with van der Waals surface area (Å²) in [5, 5.41) is 13.1. The lowest BCUT2D eigenvalue weighted by Crippen LogP contribution is -2.20. The van der Waals surface area contributed by atoms with E-state index in [1.165, 1.54) is 34.9 Å². The van der Waals surface area contributed by atoms with Crippen molar-refractivity contribution in [3.63, 3.8) is 0 Å². The minimum atomic E-state index is -2.58. The van der Waals surface area contributed by atoms with Crippen LogP contribution < -0.4 is 11.1 Å². The van der Waals surface area contributed by atoms with Gasteiger partial charge in [-0.1, -0.05) is 23.7 Å². The molecule has 31 heavy (non-hydrogen) atoms. The van der Waals surface area contributed by atoms with E-state index in [4.69, 9.17) is 21.4 Å². The number of aryl methyl sites for hydroxylation is 2. The van der Waals surface area contributed by atoms with Gasteiger partial charge in [-0.2, -0.15) is 0 Å². The second kappa shape index (κ2) is 7.98. The number of hydrogen-bond acceptors (Lipinski definition) is 5. The van der Waals surface area contributed by atoms with Crippen molar-refractivity contribution in [1.82, 2.24) is 14.4 Å². The van der Waals surface area contributed by atoms with Gasteiger partial charge in [-0.3, -0.25) is 9.20 Å². The van der Waals surface area contributed by atoms with Crippen molar-refractivity contribution in [2.24, 2.45) is 0 Å². The van der Waals surface area contributed by atoms with Gasteiger partial charge in [0.1, 0.15) is 28.7 Å². The molecular weight excluding hydrogens is 421 g/mol. The number of carbonyl (C=O) groups excluding carboxylic acids is 1. The van der Waals surface area contributed by atoms with Gasteiger partial charge in [0.05, 0.1) is 0 Å². The molecule has 0 aliphatic carbocycles. The fraction of sp³-hybridized carbons (Fsp3) is 0.136. The standard InChI is InChI=1S/C22H19ClFN5O2/c1-11-10-26-21(25)19-18(27-12(2)29(11)19)16-7-6-15(9-17(16)24)28-22(31)20(30)13-4-3-5-14(23)8-13/h3-10,20,30H,1-2H3,(H2,25,26)(H,28,31)/t20-/m0/s1/i2D3. The zero-order valence-electron chi connectivity index (χ0n) is 19.2. The van der Waals surface area contributed by atoms with E-state index in [0.717, 1.165) is 6.07 Å². The summed E-state index contributed by atoms with van der Waals surface area (Å²) in [5.41, 5.74) is 6.96. The number of anilines is 2. The lowest BCUT2D eigenvalue weighted by Gasteiger charge is -2.13. The van der Waals surface area contributed by atoms with Crippen LogP contribution in [0.25, 0.3) is 16.8 Å². The van der Waals surface area contributed by atoms with Gasteiger partial charge in [0.25, 0.3) is 5.91 Å². The maximum absolute atomic E-state index is 15.1. The highest BCUT2D eigenvalue weighted by atomic mass is 35.5. The van der Waals surface area contributed by atoms with Crippen LogP contribution in [0.2, 0.25) is 5.02 Å². The Morgan fingerprint density at radius 3 is 2.87 bits per heavy atom. The first-order valence-corrected chi connectivity index (χ1v) is 9.53. The van der Waals surface area contributed by atoms with Crippen LogP contribution in [0.1, 0.15) is 27.3 Å². The number of aromatic nitrogens is 3. The number of aliphatic hydroxyl groups is 1. The van der Waals surface area contributed by atoms with Crippen molar-refractivity contribution >= 4 is 34.5 Å². The monoisotopic (exact) mass is 442 g/mol. The van der Waals surface area contributed by atoms with Crippen molar-refractivity contribution in [1.29, 1.82) is 0 Å². The maximum Gasteiger partial charge on any atom is 0.257 e. The van der Waals surface area contributed by atoms with E-state index in [1.54, 1.807) is 19.1 Å². The Bertz CT molecular complexity index is 1420. The summed E-state index contributed by atoms with van der Waals surface area (Å²) in [6, 6.07) is 9.95. The topological polar surface area (TPSA) is 106 Å². The summed E-state index contributed by atoms with van der Waals surface area (Å²) >= 11 is 5.89. The number of fused-ring (bicyclic) bond motifs is 1. The quantitative estimate of drug-likeness (QED) is 0.442. The molecule has 4 aromatic rings. The molecule has 0 saturated heterocycles. The molecule has 0 saturated carbocycles. The van der Waals surface area contributed by atoms with Crippen LogP contribution in [-0.2, 0) is 4.79 Å². The lowest BCUT2D eigenvalue weighted by molar-refractivity contribution is -0.124. The minimum absolute atomic E-state index is 0.00848. The molecular formula is C22H19ClFN5O2. The Morgan fingerprint density at radius 2 is 2.16 bits per heavy atom. The van der Waals surface area contributed by atoms with Crippen LogP contribution in [0, 0.1) is 19.6 Å². The van der Waals surface area contributed by atoms with Gasteiger partial charge in [-0.15, -0.1) is 0 Å². The summed E-state index contributed by atoms with van der Waals surface area (Å²) in [7, 11) is 0. The zero-order valence-corrected chi connectivity index (χ0v) is 17.0. The molecule has 0 fully saturated rings. The second-order valence-corrected chi connectivity index (χ2v) is 7.33. The molecule has 0 bridgehead atoms. The molecule has 2 aromatic carbocycles. The molecule has 1 amide bonds. The predicted molar refractivity (Wildman–Crippen MR) is 117 cm³/mol. The molecule has 0 radical (unpaired) electrons. The first-order valence-electron chi connectivity index (χ1n) is 10.7. The summed E-state index contributed by atoms with van der Waals surface area (Å²) in [5.74, 6) is -1.85. The van der Waals surface area contributed by atoms with Crippen molar-refractivity contribution in [3.05, 3.63) is 76.6 Å². The largest absolute Gasteiger partial charge is 0.382 e. The number of halogens is 2. The van der Waals surface area contributed by atoms with Crippen molar-refractivity contribution in [3.8, 4) is 11.3 Å². The zero-order chi connectivity index (χ0) is 24.8. The Kier molecular flexibility index (Phi) is 4.43. The number of rotatable bonds is 4. The third-order valence-electron chi connectivity index (χ3n) is 4.77.